The Morgan fingerprint density at radius 1 is 0.941 bits per heavy atom. The minimum Gasteiger partial charge on any atom is -0.348 e. The van der Waals surface area contributed by atoms with Gasteiger partial charge in [-0.2, -0.15) is 0 Å². The van der Waals surface area contributed by atoms with E-state index >= 15 is 0 Å². The molecule has 0 atom stereocenters. The Balaban J connectivity index is 1.46. The van der Waals surface area contributed by atoms with Gasteiger partial charge in [0.25, 0.3) is 15.9 Å². The molecule has 0 aliphatic heterocycles. The average Bonchev–Trinajstić information content (AvgIpc) is 3.25. The maximum Gasteiger partial charge on any atom is 0.262 e. The maximum atomic E-state index is 13.0. The maximum absolute atomic E-state index is 13.0. The molecule has 7 nitrogen and oxygen atoms in total. The summed E-state index contributed by atoms with van der Waals surface area (Å²) < 4.78 is 30.5. The molecule has 34 heavy (non-hydrogen) atoms. The van der Waals surface area contributed by atoms with Crippen LogP contribution in [0.15, 0.2) is 84.0 Å². The van der Waals surface area contributed by atoms with Gasteiger partial charge in [-0.05, 0) is 68.3 Å². The van der Waals surface area contributed by atoms with E-state index in [4.69, 9.17) is 0 Å². The van der Waals surface area contributed by atoms with Gasteiger partial charge in [-0.1, -0.05) is 35.9 Å². The normalized spacial score (nSPS) is 11.3. The number of imidazole rings is 1. The van der Waals surface area contributed by atoms with E-state index in [0.717, 1.165) is 22.6 Å². The van der Waals surface area contributed by atoms with E-state index in [9.17, 15) is 13.2 Å². The van der Waals surface area contributed by atoms with Crippen molar-refractivity contribution in [3.05, 3.63) is 107 Å². The third-order valence-corrected chi connectivity index (χ3v) is 7.06. The number of aromatic nitrogens is 2. The zero-order chi connectivity index (χ0) is 24.3. The molecular formula is C26H26N4O3S. The van der Waals surface area contributed by atoms with Gasteiger partial charge >= 0.3 is 0 Å². The van der Waals surface area contributed by atoms with Crippen LogP contribution in [0, 0.1) is 20.8 Å². The Kier molecular flexibility index (Phi) is 6.51. The van der Waals surface area contributed by atoms with Crippen LogP contribution >= 0.6 is 0 Å². The van der Waals surface area contributed by atoms with Crippen molar-refractivity contribution in [3.8, 4) is 5.69 Å². The van der Waals surface area contributed by atoms with Crippen LogP contribution in [0.3, 0.4) is 0 Å². The number of nitrogens with one attached hydrogen (secondary N) is 2. The molecule has 1 aromatic heterocycles. The fraction of sp³-hybridized carbons (Fsp3) is 0.154. The third-order valence-electron chi connectivity index (χ3n) is 5.54. The number of sulfonamides is 1. The van der Waals surface area contributed by atoms with Crippen LogP contribution < -0.4 is 10.0 Å². The average molecular weight is 475 g/mol. The molecule has 0 saturated heterocycles. The van der Waals surface area contributed by atoms with Crippen LogP contribution in [0.5, 0.6) is 0 Å². The zero-order valence-corrected chi connectivity index (χ0v) is 20.1. The van der Waals surface area contributed by atoms with Crippen molar-refractivity contribution < 1.29 is 13.2 Å². The predicted octanol–water partition coefficient (Wildman–Crippen LogP) is 4.53. The molecule has 0 radical (unpaired) electrons. The number of carbonyl (C=O) groups is 1. The standard InChI is InChI=1S/C26H26N4O3S/c1-18-4-10-23(11-5-18)29-34(32,33)25-16-22(9-6-19(25)2)26(31)28-17-21-7-12-24(13-8-21)30-15-14-27-20(30)3/h4-16,29H,17H2,1-3H3,(H,28,31). The molecule has 8 heteroatoms. The predicted molar refractivity (Wildman–Crippen MR) is 133 cm³/mol. The Morgan fingerprint density at radius 2 is 1.65 bits per heavy atom. The number of hydrogen-bond acceptors (Lipinski definition) is 4. The summed E-state index contributed by atoms with van der Waals surface area (Å²) in [7, 11) is -3.85. The van der Waals surface area contributed by atoms with Crippen LogP contribution in [-0.2, 0) is 16.6 Å². The number of nitrogens with zero attached hydrogens (tertiary/aromatic N) is 2. The number of benzene rings is 3. The van der Waals surface area contributed by atoms with Crippen LogP contribution in [0.4, 0.5) is 5.69 Å². The minimum absolute atomic E-state index is 0.0702. The monoisotopic (exact) mass is 474 g/mol. The van der Waals surface area contributed by atoms with Gasteiger partial charge in [0.2, 0.25) is 0 Å². The summed E-state index contributed by atoms with van der Waals surface area (Å²) in [5, 5.41) is 2.86. The molecule has 174 valence electrons. The Morgan fingerprint density at radius 3 is 2.29 bits per heavy atom. The van der Waals surface area contributed by atoms with Gasteiger partial charge in [0, 0.05) is 35.9 Å². The number of carbonyl (C=O) groups excluding carboxylic acids is 1. The molecule has 0 unspecified atom stereocenters. The quantitative estimate of drug-likeness (QED) is 0.412. The molecule has 0 aliphatic carbocycles. The largest absolute Gasteiger partial charge is 0.348 e. The van der Waals surface area contributed by atoms with Crippen molar-refractivity contribution in [2.75, 3.05) is 4.72 Å². The van der Waals surface area contributed by atoms with E-state index in [0.29, 0.717) is 17.8 Å². The smallest absolute Gasteiger partial charge is 0.262 e. The van der Waals surface area contributed by atoms with E-state index in [1.165, 1.54) is 6.07 Å². The molecule has 0 saturated carbocycles. The van der Waals surface area contributed by atoms with Crippen LogP contribution in [0.25, 0.3) is 5.69 Å². The molecule has 1 heterocycles. The first kappa shape index (κ1) is 23.3. The molecule has 4 rings (SSSR count). The number of hydrogen-bond donors (Lipinski definition) is 2. The lowest BCUT2D eigenvalue weighted by Gasteiger charge is -2.13. The van der Waals surface area contributed by atoms with E-state index in [2.05, 4.69) is 15.0 Å². The topological polar surface area (TPSA) is 93.1 Å². The summed E-state index contributed by atoms with van der Waals surface area (Å²) in [4.78, 5) is 17.1. The molecule has 0 aliphatic rings. The van der Waals surface area contributed by atoms with Crippen LogP contribution in [0.2, 0.25) is 0 Å². The number of aryl methyl sites for hydroxylation is 3. The minimum atomic E-state index is -3.85. The fourth-order valence-electron chi connectivity index (χ4n) is 3.57. The fourth-order valence-corrected chi connectivity index (χ4v) is 4.90. The van der Waals surface area contributed by atoms with Gasteiger partial charge in [-0.15, -0.1) is 0 Å². The van der Waals surface area contributed by atoms with Crippen molar-refractivity contribution in [2.24, 2.45) is 0 Å². The van der Waals surface area contributed by atoms with Gasteiger partial charge in [0.1, 0.15) is 5.82 Å². The molecule has 0 fully saturated rings. The van der Waals surface area contributed by atoms with Crippen molar-refractivity contribution in [1.82, 2.24) is 14.9 Å². The number of amides is 1. The molecule has 3 aromatic carbocycles. The lowest BCUT2D eigenvalue weighted by Crippen LogP contribution is -2.23. The summed E-state index contributed by atoms with van der Waals surface area (Å²) in [6.45, 7) is 5.88. The summed E-state index contributed by atoms with van der Waals surface area (Å²) in [6.07, 6.45) is 3.64. The van der Waals surface area contributed by atoms with Crippen LogP contribution in [0.1, 0.15) is 32.9 Å². The first-order chi connectivity index (χ1) is 16.2. The van der Waals surface area contributed by atoms with E-state index < -0.39 is 10.0 Å². The van der Waals surface area contributed by atoms with Crippen molar-refractivity contribution in [2.45, 2.75) is 32.2 Å². The molecule has 4 aromatic rings. The van der Waals surface area contributed by atoms with E-state index in [1.807, 2.05) is 61.0 Å². The second-order valence-corrected chi connectivity index (χ2v) is 9.80. The van der Waals surface area contributed by atoms with Crippen LogP contribution in [-0.4, -0.2) is 23.9 Å². The third kappa shape index (κ3) is 5.18. The first-order valence-corrected chi connectivity index (χ1v) is 12.3. The second kappa shape index (κ2) is 9.52. The van der Waals surface area contributed by atoms with Gasteiger partial charge in [0.15, 0.2) is 0 Å². The lowest BCUT2D eigenvalue weighted by atomic mass is 10.1. The molecular weight excluding hydrogens is 448 g/mol. The molecule has 0 spiro atoms. The zero-order valence-electron chi connectivity index (χ0n) is 19.2. The number of rotatable bonds is 7. The Hall–Kier alpha value is -3.91. The van der Waals surface area contributed by atoms with Crippen molar-refractivity contribution in [3.63, 3.8) is 0 Å². The highest BCUT2D eigenvalue weighted by Gasteiger charge is 2.19. The second-order valence-electron chi connectivity index (χ2n) is 8.15. The molecule has 2 N–H and O–H groups in total. The summed E-state index contributed by atoms with van der Waals surface area (Å²) in [6, 6.07) is 19.5. The van der Waals surface area contributed by atoms with Crippen molar-refractivity contribution in [1.29, 1.82) is 0 Å². The van der Waals surface area contributed by atoms with Gasteiger partial charge < -0.3 is 9.88 Å². The van der Waals surface area contributed by atoms with Gasteiger partial charge in [-0.3, -0.25) is 9.52 Å². The summed E-state index contributed by atoms with van der Waals surface area (Å²) in [5.74, 6) is 0.546. The molecule has 1 amide bonds. The van der Waals surface area contributed by atoms with Gasteiger partial charge in [0.05, 0.1) is 4.90 Å². The lowest BCUT2D eigenvalue weighted by molar-refractivity contribution is 0.0950. The number of anilines is 1. The summed E-state index contributed by atoms with van der Waals surface area (Å²) >= 11 is 0. The van der Waals surface area contributed by atoms with E-state index in [-0.39, 0.29) is 16.4 Å². The Bertz CT molecular complexity index is 1420. The SMILES string of the molecule is Cc1ccc(NS(=O)(=O)c2cc(C(=O)NCc3ccc(-n4ccnc4C)cc3)ccc2C)cc1. The highest BCUT2D eigenvalue weighted by molar-refractivity contribution is 7.92. The highest BCUT2D eigenvalue weighted by Crippen LogP contribution is 2.21. The van der Waals surface area contributed by atoms with Gasteiger partial charge in [-0.25, -0.2) is 13.4 Å². The van der Waals surface area contributed by atoms with E-state index in [1.54, 1.807) is 37.4 Å². The molecule has 0 bridgehead atoms. The first-order valence-electron chi connectivity index (χ1n) is 10.8. The van der Waals surface area contributed by atoms with Crippen molar-refractivity contribution >= 4 is 21.6 Å². The highest BCUT2D eigenvalue weighted by atomic mass is 32.2. The summed E-state index contributed by atoms with van der Waals surface area (Å²) in [5.41, 5.74) is 4.25. The Labute approximate surface area is 199 Å².